The van der Waals surface area contributed by atoms with E-state index in [1.807, 2.05) is 0 Å². The zero-order valence-electron chi connectivity index (χ0n) is 16.5. The number of nitrogens with one attached hydrogen (secondary N) is 1. The summed E-state index contributed by atoms with van der Waals surface area (Å²) in [5.74, 6) is -1.97. The predicted octanol–water partition coefficient (Wildman–Crippen LogP) is 2.73. The molecule has 8 heteroatoms. The smallest absolute Gasteiger partial charge is 0.338 e. The molecule has 0 radical (unpaired) electrons. The topological polar surface area (TPSA) is 110 Å². The Labute approximate surface area is 172 Å². The van der Waals surface area contributed by atoms with Crippen molar-refractivity contribution in [3.63, 3.8) is 0 Å². The van der Waals surface area contributed by atoms with E-state index in [9.17, 15) is 24.0 Å². The number of hydrogen-bond donors (Lipinski definition) is 1. The number of rotatable bonds is 6. The third-order valence-electron chi connectivity index (χ3n) is 4.60. The number of imide groups is 1. The monoisotopic (exact) mass is 408 g/mol. The van der Waals surface area contributed by atoms with Crippen molar-refractivity contribution in [2.75, 3.05) is 10.2 Å². The van der Waals surface area contributed by atoms with Crippen LogP contribution in [0.15, 0.2) is 48.5 Å². The largest absolute Gasteiger partial charge is 0.449 e. The van der Waals surface area contributed by atoms with Crippen molar-refractivity contribution in [2.24, 2.45) is 0 Å². The van der Waals surface area contributed by atoms with Crippen LogP contribution in [0.5, 0.6) is 0 Å². The first kappa shape index (κ1) is 20.9. The van der Waals surface area contributed by atoms with E-state index in [1.165, 1.54) is 44.2 Å². The Bertz CT molecular complexity index is 1010. The lowest BCUT2D eigenvalue weighted by molar-refractivity contribution is -0.124. The molecule has 0 aliphatic carbocycles. The van der Waals surface area contributed by atoms with Gasteiger partial charge in [0, 0.05) is 24.1 Å². The van der Waals surface area contributed by atoms with Gasteiger partial charge in [0.25, 0.3) is 5.91 Å². The summed E-state index contributed by atoms with van der Waals surface area (Å²) >= 11 is 0. The quantitative estimate of drug-likeness (QED) is 0.447. The number of hydrogen-bond acceptors (Lipinski definition) is 6. The van der Waals surface area contributed by atoms with Crippen molar-refractivity contribution >= 4 is 40.8 Å². The number of ether oxygens (including phenoxy) is 1. The molecule has 0 saturated carbocycles. The van der Waals surface area contributed by atoms with Crippen molar-refractivity contribution in [3.8, 4) is 0 Å². The average molecular weight is 408 g/mol. The number of ketones is 1. The van der Waals surface area contributed by atoms with E-state index in [0.29, 0.717) is 16.9 Å². The van der Waals surface area contributed by atoms with Gasteiger partial charge >= 0.3 is 5.97 Å². The second-order valence-electron chi connectivity index (χ2n) is 6.84. The van der Waals surface area contributed by atoms with Gasteiger partial charge in [-0.2, -0.15) is 0 Å². The van der Waals surface area contributed by atoms with Crippen LogP contribution in [0.25, 0.3) is 0 Å². The fourth-order valence-corrected chi connectivity index (χ4v) is 2.95. The van der Waals surface area contributed by atoms with Gasteiger partial charge in [-0.05, 0) is 50.2 Å². The maximum atomic E-state index is 12.3. The molecule has 8 nitrogen and oxygen atoms in total. The molecule has 1 aliphatic heterocycles. The van der Waals surface area contributed by atoms with E-state index in [-0.39, 0.29) is 36.0 Å². The summed E-state index contributed by atoms with van der Waals surface area (Å²) in [6.07, 6.45) is -0.741. The summed E-state index contributed by atoms with van der Waals surface area (Å²) in [7, 11) is 0. The summed E-state index contributed by atoms with van der Waals surface area (Å²) in [5.41, 5.74) is 1.43. The summed E-state index contributed by atoms with van der Waals surface area (Å²) < 4.78 is 5.19. The highest BCUT2D eigenvalue weighted by atomic mass is 16.5. The number of amides is 3. The first-order valence-electron chi connectivity index (χ1n) is 9.35. The minimum absolute atomic E-state index is 0.133. The molecule has 1 saturated heterocycles. The number of nitrogens with zero attached hydrogens (tertiary/aromatic N) is 1. The van der Waals surface area contributed by atoms with Crippen LogP contribution in [0.3, 0.4) is 0 Å². The third-order valence-corrected chi connectivity index (χ3v) is 4.60. The van der Waals surface area contributed by atoms with Gasteiger partial charge in [-0.15, -0.1) is 0 Å². The molecule has 1 aliphatic rings. The Hall–Kier alpha value is -3.81. The normalized spacial score (nSPS) is 14.4. The Morgan fingerprint density at radius 1 is 0.967 bits per heavy atom. The van der Waals surface area contributed by atoms with Crippen molar-refractivity contribution in [2.45, 2.75) is 32.8 Å². The van der Waals surface area contributed by atoms with Crippen LogP contribution < -0.4 is 10.2 Å². The fraction of sp³-hybridized carbons (Fsp3) is 0.227. The summed E-state index contributed by atoms with van der Waals surface area (Å²) in [6, 6.07) is 12.3. The molecule has 0 aromatic heterocycles. The van der Waals surface area contributed by atoms with Gasteiger partial charge in [-0.1, -0.05) is 12.1 Å². The van der Waals surface area contributed by atoms with Gasteiger partial charge < -0.3 is 10.1 Å². The van der Waals surface area contributed by atoms with Crippen molar-refractivity contribution in [3.05, 3.63) is 59.7 Å². The van der Waals surface area contributed by atoms with Crippen molar-refractivity contribution in [1.82, 2.24) is 0 Å². The van der Waals surface area contributed by atoms with Gasteiger partial charge in [-0.25, -0.2) is 4.79 Å². The van der Waals surface area contributed by atoms with Crippen LogP contribution in [0.2, 0.25) is 0 Å². The third kappa shape index (κ3) is 4.60. The van der Waals surface area contributed by atoms with Crippen LogP contribution in [0.4, 0.5) is 11.4 Å². The number of esters is 1. The van der Waals surface area contributed by atoms with E-state index in [1.54, 1.807) is 18.2 Å². The second-order valence-corrected chi connectivity index (χ2v) is 6.84. The number of carbonyl (C=O) groups excluding carboxylic acids is 5. The van der Waals surface area contributed by atoms with Crippen LogP contribution >= 0.6 is 0 Å². The first-order valence-corrected chi connectivity index (χ1v) is 9.35. The van der Waals surface area contributed by atoms with Crippen molar-refractivity contribution < 1.29 is 28.7 Å². The number of benzene rings is 2. The van der Waals surface area contributed by atoms with Gasteiger partial charge in [0.1, 0.15) is 0 Å². The molecule has 2 aromatic carbocycles. The second kappa shape index (κ2) is 8.69. The van der Waals surface area contributed by atoms with Crippen LogP contribution in [0, 0.1) is 0 Å². The molecule has 1 fully saturated rings. The highest BCUT2D eigenvalue weighted by molar-refractivity contribution is 6.19. The Morgan fingerprint density at radius 2 is 1.60 bits per heavy atom. The summed E-state index contributed by atoms with van der Waals surface area (Å²) in [5, 5.41) is 2.60. The van der Waals surface area contributed by atoms with E-state index in [0.717, 1.165) is 4.90 Å². The maximum Gasteiger partial charge on any atom is 0.338 e. The lowest BCUT2D eigenvalue weighted by Gasteiger charge is -2.15. The van der Waals surface area contributed by atoms with Crippen LogP contribution in [-0.2, 0) is 19.1 Å². The maximum absolute atomic E-state index is 12.3. The molecule has 0 spiro atoms. The molecule has 1 atom stereocenters. The predicted molar refractivity (Wildman–Crippen MR) is 108 cm³/mol. The molecule has 154 valence electrons. The van der Waals surface area contributed by atoms with Crippen molar-refractivity contribution in [1.29, 1.82) is 0 Å². The van der Waals surface area contributed by atoms with Gasteiger partial charge in [0.2, 0.25) is 11.8 Å². The molecule has 3 amide bonds. The molecule has 0 unspecified atom stereocenters. The number of anilines is 2. The van der Waals surface area contributed by atoms with E-state index in [4.69, 9.17) is 4.74 Å². The van der Waals surface area contributed by atoms with Gasteiger partial charge in [0.05, 0.1) is 11.3 Å². The summed E-state index contributed by atoms with van der Waals surface area (Å²) in [6.45, 7) is 2.85. The van der Waals surface area contributed by atoms with E-state index < -0.39 is 18.0 Å². The Morgan fingerprint density at radius 3 is 2.20 bits per heavy atom. The molecule has 2 aromatic rings. The lowest BCUT2D eigenvalue weighted by Crippen LogP contribution is -2.30. The lowest BCUT2D eigenvalue weighted by atomic mass is 10.1. The average Bonchev–Trinajstić information content (AvgIpc) is 3.06. The highest BCUT2D eigenvalue weighted by Crippen LogP contribution is 2.23. The first-order chi connectivity index (χ1) is 14.3. The zero-order chi connectivity index (χ0) is 21.8. The fourth-order valence-electron chi connectivity index (χ4n) is 2.95. The molecule has 0 bridgehead atoms. The minimum atomic E-state index is -1.08. The SMILES string of the molecule is CC(=O)c1cccc(NC(=O)[C@H](C)OC(=O)c2ccc(N3C(=O)CCC3=O)cc2)c1. The van der Waals surface area contributed by atoms with Crippen LogP contribution in [-0.4, -0.2) is 35.6 Å². The Balaban J connectivity index is 1.61. The van der Waals surface area contributed by atoms with Crippen LogP contribution in [0.1, 0.15) is 47.4 Å². The Kier molecular flexibility index (Phi) is 6.06. The molecular weight excluding hydrogens is 388 g/mol. The van der Waals surface area contributed by atoms with Gasteiger partial charge in [0.15, 0.2) is 11.9 Å². The molecule has 1 N–H and O–H groups in total. The number of Topliss-reactive ketones (excluding diaryl/α,β-unsaturated/α-hetero) is 1. The molecule has 1 heterocycles. The summed E-state index contributed by atoms with van der Waals surface area (Å²) in [4.78, 5) is 60.7. The number of carbonyl (C=O) groups is 5. The van der Waals surface area contributed by atoms with E-state index in [2.05, 4.69) is 5.32 Å². The molecule has 30 heavy (non-hydrogen) atoms. The molecular formula is C22H20N2O6. The standard InChI is InChI=1S/C22H20N2O6/c1-13(25)16-4-3-5-17(12-16)23-21(28)14(2)30-22(29)15-6-8-18(9-7-15)24-19(26)10-11-20(24)27/h3-9,12,14H,10-11H2,1-2H3,(H,23,28)/t14-/m0/s1. The zero-order valence-corrected chi connectivity index (χ0v) is 16.5. The van der Waals surface area contributed by atoms with Gasteiger partial charge in [-0.3, -0.25) is 24.1 Å². The molecule has 3 rings (SSSR count). The van der Waals surface area contributed by atoms with E-state index >= 15 is 0 Å². The minimum Gasteiger partial charge on any atom is -0.449 e. The highest BCUT2D eigenvalue weighted by Gasteiger charge is 2.30.